The quantitative estimate of drug-likeness (QED) is 0.610. The highest BCUT2D eigenvalue weighted by molar-refractivity contribution is 5.61. The molecule has 0 bridgehead atoms. The molecule has 0 aliphatic carbocycles. The van der Waals surface area contributed by atoms with Crippen LogP contribution in [0.15, 0.2) is 18.2 Å². The first kappa shape index (κ1) is 13.4. The zero-order valence-corrected chi connectivity index (χ0v) is 10.1. The lowest BCUT2D eigenvalue weighted by Crippen LogP contribution is -2.12. The molecular formula is C12H17FN2O2. The van der Waals surface area contributed by atoms with E-state index in [9.17, 15) is 14.5 Å². The Hall–Kier alpha value is -1.65. The van der Waals surface area contributed by atoms with Gasteiger partial charge in [0, 0.05) is 18.7 Å². The van der Waals surface area contributed by atoms with Crippen molar-refractivity contribution in [3.63, 3.8) is 0 Å². The minimum Gasteiger partial charge on any atom is -0.379 e. The monoisotopic (exact) mass is 240 g/mol. The highest BCUT2D eigenvalue weighted by Crippen LogP contribution is 2.25. The first-order valence-corrected chi connectivity index (χ1v) is 5.72. The zero-order chi connectivity index (χ0) is 12.8. The second-order valence-electron chi connectivity index (χ2n) is 4.19. The predicted molar refractivity (Wildman–Crippen MR) is 65.6 cm³/mol. The summed E-state index contributed by atoms with van der Waals surface area (Å²) in [5.41, 5.74) is 0.160. The van der Waals surface area contributed by atoms with Crippen molar-refractivity contribution in [1.82, 2.24) is 0 Å². The molecule has 17 heavy (non-hydrogen) atoms. The summed E-state index contributed by atoms with van der Waals surface area (Å²) in [4.78, 5) is 10.2. The molecule has 0 aliphatic heterocycles. The summed E-state index contributed by atoms with van der Waals surface area (Å²) >= 11 is 0. The van der Waals surface area contributed by atoms with E-state index in [1.165, 1.54) is 6.07 Å². The molecule has 0 radical (unpaired) electrons. The lowest BCUT2D eigenvalue weighted by molar-refractivity contribution is -0.384. The van der Waals surface area contributed by atoms with E-state index in [1.54, 1.807) is 0 Å². The standard InChI is InChI=1S/C12H17FN2O2/c1-3-4-9(2)8-14-11-7-10(13)5-6-12(11)15(16)17/h5-7,9,14H,3-4,8H2,1-2H3. The summed E-state index contributed by atoms with van der Waals surface area (Å²) in [6, 6.07) is 3.44. The van der Waals surface area contributed by atoms with Crippen molar-refractivity contribution < 1.29 is 9.31 Å². The molecule has 1 aromatic rings. The minimum absolute atomic E-state index is 0.0879. The van der Waals surface area contributed by atoms with Crippen molar-refractivity contribution in [3.05, 3.63) is 34.1 Å². The van der Waals surface area contributed by atoms with Gasteiger partial charge in [0.05, 0.1) is 4.92 Å². The lowest BCUT2D eigenvalue weighted by Gasteiger charge is -2.12. The third-order valence-electron chi connectivity index (χ3n) is 2.58. The maximum atomic E-state index is 13.0. The number of hydrogen-bond donors (Lipinski definition) is 1. The molecule has 0 saturated heterocycles. The number of halogens is 1. The van der Waals surface area contributed by atoms with Crippen LogP contribution in [-0.2, 0) is 0 Å². The number of nitrogens with one attached hydrogen (secondary N) is 1. The topological polar surface area (TPSA) is 55.2 Å². The molecule has 1 unspecified atom stereocenters. The van der Waals surface area contributed by atoms with Crippen LogP contribution >= 0.6 is 0 Å². The second kappa shape index (κ2) is 6.18. The molecule has 0 aliphatic rings. The van der Waals surface area contributed by atoms with Crippen molar-refractivity contribution in [2.45, 2.75) is 26.7 Å². The van der Waals surface area contributed by atoms with Crippen molar-refractivity contribution >= 4 is 11.4 Å². The van der Waals surface area contributed by atoms with E-state index >= 15 is 0 Å². The molecule has 4 nitrogen and oxygen atoms in total. The summed E-state index contributed by atoms with van der Waals surface area (Å²) in [6.45, 7) is 4.75. The molecule has 1 aromatic carbocycles. The SMILES string of the molecule is CCCC(C)CNc1cc(F)ccc1[N+](=O)[O-]. The number of nitro benzene ring substituents is 1. The number of benzene rings is 1. The summed E-state index contributed by atoms with van der Waals surface area (Å²) in [5, 5.41) is 13.7. The van der Waals surface area contributed by atoms with Crippen LogP contribution in [-0.4, -0.2) is 11.5 Å². The van der Waals surface area contributed by atoms with Gasteiger partial charge >= 0.3 is 0 Å². The Morgan fingerprint density at radius 3 is 2.82 bits per heavy atom. The Labute approximate surface area is 100.0 Å². The molecule has 0 spiro atoms. The average Bonchev–Trinajstić information content (AvgIpc) is 2.26. The van der Waals surface area contributed by atoms with Gasteiger partial charge in [0.15, 0.2) is 0 Å². The fourth-order valence-corrected chi connectivity index (χ4v) is 1.69. The third kappa shape index (κ3) is 4.01. The fourth-order valence-electron chi connectivity index (χ4n) is 1.69. The number of anilines is 1. The van der Waals surface area contributed by atoms with Crippen molar-refractivity contribution in [3.8, 4) is 0 Å². The molecule has 1 rings (SSSR count). The van der Waals surface area contributed by atoms with Gasteiger partial charge in [-0.05, 0) is 18.4 Å². The van der Waals surface area contributed by atoms with Gasteiger partial charge in [-0.3, -0.25) is 10.1 Å². The van der Waals surface area contributed by atoms with Crippen LogP contribution in [0.2, 0.25) is 0 Å². The van der Waals surface area contributed by atoms with E-state index in [2.05, 4.69) is 19.2 Å². The van der Waals surface area contributed by atoms with Crippen molar-refractivity contribution in [1.29, 1.82) is 0 Å². The van der Waals surface area contributed by atoms with Gasteiger partial charge in [-0.1, -0.05) is 20.3 Å². The first-order chi connectivity index (χ1) is 8.04. The molecule has 1 atom stereocenters. The Morgan fingerprint density at radius 1 is 1.53 bits per heavy atom. The van der Waals surface area contributed by atoms with Gasteiger partial charge in [-0.15, -0.1) is 0 Å². The van der Waals surface area contributed by atoms with Crippen LogP contribution in [0.1, 0.15) is 26.7 Å². The van der Waals surface area contributed by atoms with E-state index in [0.717, 1.165) is 25.0 Å². The Kier molecular flexibility index (Phi) is 4.87. The smallest absolute Gasteiger partial charge is 0.292 e. The molecule has 0 saturated carbocycles. The summed E-state index contributed by atoms with van der Waals surface area (Å²) < 4.78 is 13.0. The second-order valence-corrected chi connectivity index (χ2v) is 4.19. The maximum Gasteiger partial charge on any atom is 0.292 e. The van der Waals surface area contributed by atoms with E-state index in [4.69, 9.17) is 0 Å². The van der Waals surface area contributed by atoms with E-state index in [1.807, 2.05) is 0 Å². The first-order valence-electron chi connectivity index (χ1n) is 5.72. The third-order valence-corrected chi connectivity index (χ3v) is 2.58. The van der Waals surface area contributed by atoms with Crippen LogP contribution in [0.5, 0.6) is 0 Å². The van der Waals surface area contributed by atoms with Crippen molar-refractivity contribution in [2.24, 2.45) is 5.92 Å². The van der Waals surface area contributed by atoms with Gasteiger partial charge in [0.1, 0.15) is 11.5 Å². The molecule has 1 N–H and O–H groups in total. The van der Waals surface area contributed by atoms with Gasteiger partial charge in [-0.25, -0.2) is 4.39 Å². The molecule has 5 heteroatoms. The van der Waals surface area contributed by atoms with Crippen LogP contribution in [0.4, 0.5) is 15.8 Å². The molecule has 94 valence electrons. The summed E-state index contributed by atoms with van der Waals surface area (Å²) in [6.07, 6.45) is 2.10. The molecule has 0 fully saturated rings. The Morgan fingerprint density at radius 2 is 2.24 bits per heavy atom. The van der Waals surface area contributed by atoms with Gasteiger partial charge in [0.2, 0.25) is 0 Å². The Bertz CT molecular complexity index is 396. The zero-order valence-electron chi connectivity index (χ0n) is 10.1. The normalized spacial score (nSPS) is 12.2. The highest BCUT2D eigenvalue weighted by Gasteiger charge is 2.14. The van der Waals surface area contributed by atoms with E-state index in [0.29, 0.717) is 12.5 Å². The van der Waals surface area contributed by atoms with E-state index in [-0.39, 0.29) is 11.4 Å². The fraction of sp³-hybridized carbons (Fsp3) is 0.500. The largest absolute Gasteiger partial charge is 0.379 e. The minimum atomic E-state index is -0.508. The molecule has 0 amide bonds. The van der Waals surface area contributed by atoms with Gasteiger partial charge < -0.3 is 5.32 Å². The number of nitro groups is 1. The van der Waals surface area contributed by atoms with Crippen molar-refractivity contribution in [2.75, 3.05) is 11.9 Å². The van der Waals surface area contributed by atoms with E-state index < -0.39 is 10.7 Å². The predicted octanol–water partition coefficient (Wildman–Crippen LogP) is 3.58. The average molecular weight is 240 g/mol. The van der Waals surface area contributed by atoms with Crippen LogP contribution in [0.3, 0.4) is 0 Å². The molecular weight excluding hydrogens is 223 g/mol. The number of hydrogen-bond acceptors (Lipinski definition) is 3. The van der Waals surface area contributed by atoms with Crippen LogP contribution in [0, 0.1) is 21.8 Å². The number of rotatable bonds is 6. The molecule has 0 aromatic heterocycles. The number of nitrogens with zero attached hydrogens (tertiary/aromatic N) is 1. The van der Waals surface area contributed by atoms with Gasteiger partial charge in [-0.2, -0.15) is 0 Å². The summed E-state index contributed by atoms with van der Waals surface area (Å²) in [5.74, 6) is -0.0656. The highest BCUT2D eigenvalue weighted by atomic mass is 19.1. The summed E-state index contributed by atoms with van der Waals surface area (Å²) in [7, 11) is 0. The van der Waals surface area contributed by atoms with Crippen LogP contribution in [0.25, 0.3) is 0 Å². The Balaban J connectivity index is 2.75. The lowest BCUT2D eigenvalue weighted by atomic mass is 10.1. The maximum absolute atomic E-state index is 13.0. The van der Waals surface area contributed by atoms with Crippen LogP contribution < -0.4 is 5.32 Å². The van der Waals surface area contributed by atoms with Gasteiger partial charge in [0.25, 0.3) is 5.69 Å². The molecule has 0 heterocycles.